The molecule has 3 nitrogen and oxygen atoms in total. The molecule has 0 atom stereocenters. The number of rotatable bonds is 2. The van der Waals surface area contributed by atoms with E-state index in [4.69, 9.17) is 5.11 Å². The minimum atomic E-state index is -0.814. The molecule has 2 rings (SSSR count). The van der Waals surface area contributed by atoms with Gasteiger partial charge in [-0.2, -0.15) is 0 Å². The van der Waals surface area contributed by atoms with Crippen molar-refractivity contribution in [1.29, 1.82) is 0 Å². The molecule has 18 heavy (non-hydrogen) atoms. The third-order valence-corrected chi connectivity index (χ3v) is 2.25. The second-order valence-corrected chi connectivity index (χ2v) is 3.66. The van der Waals surface area contributed by atoms with Crippen molar-refractivity contribution in [1.82, 2.24) is 0 Å². The van der Waals surface area contributed by atoms with Gasteiger partial charge in [0, 0.05) is 17.3 Å². The van der Waals surface area contributed by atoms with E-state index in [9.17, 15) is 13.6 Å². The Morgan fingerprint density at radius 3 is 2.11 bits per heavy atom. The summed E-state index contributed by atoms with van der Waals surface area (Å²) < 4.78 is 25.9. The Labute approximate surface area is 102 Å². The molecule has 0 aliphatic heterocycles. The van der Waals surface area contributed by atoms with Crippen LogP contribution in [-0.2, 0) is 0 Å². The first-order valence-corrected chi connectivity index (χ1v) is 5.11. The number of phenolic OH excluding ortho intramolecular Hbond substituents is 1. The second kappa shape index (κ2) is 4.83. The van der Waals surface area contributed by atoms with Gasteiger partial charge in [-0.3, -0.25) is 4.79 Å². The molecular weight excluding hydrogens is 240 g/mol. The first-order valence-electron chi connectivity index (χ1n) is 5.11. The molecule has 0 heterocycles. The average molecular weight is 249 g/mol. The lowest BCUT2D eigenvalue weighted by molar-refractivity contribution is 0.102. The largest absolute Gasteiger partial charge is 0.508 e. The Kier molecular flexibility index (Phi) is 3.23. The molecule has 92 valence electrons. The van der Waals surface area contributed by atoms with Crippen LogP contribution in [0.1, 0.15) is 10.4 Å². The maximum Gasteiger partial charge on any atom is 0.255 e. The normalized spacial score (nSPS) is 10.1. The Morgan fingerprint density at radius 1 is 1.00 bits per heavy atom. The molecule has 0 unspecified atom stereocenters. The maximum absolute atomic E-state index is 12.9. The van der Waals surface area contributed by atoms with Crippen LogP contribution >= 0.6 is 0 Å². The Bertz CT molecular complexity index is 562. The van der Waals surface area contributed by atoms with Gasteiger partial charge in [-0.05, 0) is 36.4 Å². The Morgan fingerprint density at radius 2 is 1.56 bits per heavy atom. The van der Waals surface area contributed by atoms with Crippen molar-refractivity contribution < 1.29 is 18.7 Å². The monoisotopic (exact) mass is 249 g/mol. The van der Waals surface area contributed by atoms with Gasteiger partial charge < -0.3 is 10.4 Å². The zero-order valence-corrected chi connectivity index (χ0v) is 9.15. The topological polar surface area (TPSA) is 49.3 Å². The van der Waals surface area contributed by atoms with E-state index in [2.05, 4.69) is 5.32 Å². The van der Waals surface area contributed by atoms with Crippen LogP contribution in [0.3, 0.4) is 0 Å². The molecule has 2 aromatic rings. The molecule has 0 bridgehead atoms. The van der Waals surface area contributed by atoms with Crippen molar-refractivity contribution in [3.05, 3.63) is 59.7 Å². The number of carbonyl (C=O) groups excluding carboxylic acids is 1. The molecule has 0 aromatic heterocycles. The van der Waals surface area contributed by atoms with Crippen LogP contribution in [0.2, 0.25) is 0 Å². The van der Waals surface area contributed by atoms with E-state index in [1.807, 2.05) is 0 Å². The average Bonchev–Trinajstić information content (AvgIpc) is 2.31. The van der Waals surface area contributed by atoms with Crippen molar-refractivity contribution in [3.8, 4) is 5.75 Å². The lowest BCUT2D eigenvalue weighted by atomic mass is 10.2. The second-order valence-electron chi connectivity index (χ2n) is 3.66. The van der Waals surface area contributed by atoms with Gasteiger partial charge in [0.15, 0.2) is 0 Å². The fraction of sp³-hybridized carbons (Fsp3) is 0. The highest BCUT2D eigenvalue weighted by Gasteiger charge is 2.09. The van der Waals surface area contributed by atoms with Gasteiger partial charge >= 0.3 is 0 Å². The molecule has 0 aliphatic rings. The van der Waals surface area contributed by atoms with Crippen LogP contribution in [-0.4, -0.2) is 11.0 Å². The maximum atomic E-state index is 12.9. The Balaban J connectivity index is 2.19. The SMILES string of the molecule is O=C(Nc1ccc(O)cc1)c1cc(F)cc(F)c1. The van der Waals surface area contributed by atoms with Crippen LogP contribution in [0, 0.1) is 11.6 Å². The predicted octanol–water partition coefficient (Wildman–Crippen LogP) is 2.92. The molecular formula is C13H9F2NO2. The molecule has 2 aromatic carbocycles. The number of halogens is 2. The summed E-state index contributed by atoms with van der Waals surface area (Å²) in [6, 6.07) is 8.31. The summed E-state index contributed by atoms with van der Waals surface area (Å²) in [5, 5.41) is 11.5. The van der Waals surface area contributed by atoms with Crippen molar-refractivity contribution in [2.45, 2.75) is 0 Å². The van der Waals surface area contributed by atoms with Gasteiger partial charge in [-0.1, -0.05) is 0 Å². The predicted molar refractivity (Wildman–Crippen MR) is 62.4 cm³/mol. The third-order valence-electron chi connectivity index (χ3n) is 2.25. The van der Waals surface area contributed by atoms with Crippen molar-refractivity contribution in [2.24, 2.45) is 0 Å². The van der Waals surface area contributed by atoms with E-state index in [1.165, 1.54) is 24.3 Å². The number of hydrogen-bond acceptors (Lipinski definition) is 2. The van der Waals surface area contributed by atoms with Gasteiger partial charge in [0.2, 0.25) is 0 Å². The number of anilines is 1. The number of hydrogen-bond donors (Lipinski definition) is 2. The van der Waals surface area contributed by atoms with Crippen LogP contribution < -0.4 is 5.32 Å². The molecule has 0 saturated heterocycles. The number of phenols is 1. The molecule has 0 fully saturated rings. The lowest BCUT2D eigenvalue weighted by Gasteiger charge is -2.05. The standard InChI is InChI=1S/C13H9F2NO2/c14-9-5-8(6-10(15)7-9)13(18)16-11-1-3-12(17)4-2-11/h1-7,17H,(H,16,18). The van der Waals surface area contributed by atoms with Gasteiger partial charge in [0.25, 0.3) is 5.91 Å². The number of benzene rings is 2. The van der Waals surface area contributed by atoms with E-state index in [1.54, 1.807) is 0 Å². The zero-order valence-electron chi connectivity index (χ0n) is 9.15. The minimum Gasteiger partial charge on any atom is -0.508 e. The van der Waals surface area contributed by atoms with Crippen LogP contribution in [0.25, 0.3) is 0 Å². The third kappa shape index (κ3) is 2.82. The summed E-state index contributed by atoms with van der Waals surface area (Å²) in [7, 11) is 0. The van der Waals surface area contributed by atoms with Crippen molar-refractivity contribution in [2.75, 3.05) is 5.32 Å². The molecule has 0 radical (unpaired) electrons. The van der Waals surface area contributed by atoms with Gasteiger partial charge in [0.1, 0.15) is 17.4 Å². The molecule has 0 aliphatic carbocycles. The summed E-state index contributed by atoms with van der Waals surface area (Å²) in [6.07, 6.45) is 0. The molecule has 5 heteroatoms. The highest BCUT2D eigenvalue weighted by molar-refractivity contribution is 6.04. The van der Waals surface area contributed by atoms with E-state index >= 15 is 0 Å². The van der Waals surface area contributed by atoms with E-state index in [0.29, 0.717) is 11.8 Å². The Hall–Kier alpha value is -2.43. The first-order chi connectivity index (χ1) is 8.54. The van der Waals surface area contributed by atoms with Gasteiger partial charge in [-0.15, -0.1) is 0 Å². The minimum absolute atomic E-state index is 0.0600. The highest BCUT2D eigenvalue weighted by Crippen LogP contribution is 2.15. The number of aromatic hydroxyl groups is 1. The van der Waals surface area contributed by atoms with Crippen LogP contribution in [0.15, 0.2) is 42.5 Å². The fourth-order valence-electron chi connectivity index (χ4n) is 1.43. The van der Waals surface area contributed by atoms with Gasteiger partial charge in [-0.25, -0.2) is 8.78 Å². The zero-order chi connectivity index (χ0) is 13.1. The molecule has 0 spiro atoms. The molecule has 2 N–H and O–H groups in total. The fourth-order valence-corrected chi connectivity index (χ4v) is 1.43. The summed E-state index contributed by atoms with van der Waals surface area (Å²) in [5.74, 6) is -2.19. The van der Waals surface area contributed by atoms with Crippen molar-refractivity contribution >= 4 is 11.6 Å². The van der Waals surface area contributed by atoms with E-state index in [0.717, 1.165) is 12.1 Å². The highest BCUT2D eigenvalue weighted by atomic mass is 19.1. The van der Waals surface area contributed by atoms with Gasteiger partial charge in [0.05, 0.1) is 0 Å². The summed E-state index contributed by atoms with van der Waals surface area (Å²) >= 11 is 0. The number of amides is 1. The van der Waals surface area contributed by atoms with E-state index in [-0.39, 0.29) is 11.3 Å². The quantitative estimate of drug-likeness (QED) is 0.804. The van der Waals surface area contributed by atoms with Crippen molar-refractivity contribution in [3.63, 3.8) is 0 Å². The van der Waals surface area contributed by atoms with E-state index < -0.39 is 17.5 Å². The molecule has 1 amide bonds. The van der Waals surface area contributed by atoms with Crippen LogP contribution in [0.4, 0.5) is 14.5 Å². The van der Waals surface area contributed by atoms with Crippen LogP contribution in [0.5, 0.6) is 5.75 Å². The first kappa shape index (κ1) is 12.0. The molecule has 0 saturated carbocycles. The summed E-state index contributed by atoms with van der Waals surface area (Å²) in [5.41, 5.74) is 0.308. The summed E-state index contributed by atoms with van der Waals surface area (Å²) in [4.78, 5) is 11.7. The lowest BCUT2D eigenvalue weighted by Crippen LogP contribution is -2.12. The smallest absolute Gasteiger partial charge is 0.255 e. The number of nitrogens with one attached hydrogen (secondary N) is 1. The summed E-state index contributed by atoms with van der Waals surface area (Å²) in [6.45, 7) is 0. The number of carbonyl (C=O) groups is 1.